The molecule has 2 aromatic rings. The molecule has 0 bridgehead atoms. The van der Waals surface area contributed by atoms with Crippen molar-refractivity contribution in [2.45, 2.75) is 17.9 Å². The van der Waals surface area contributed by atoms with E-state index in [0.29, 0.717) is 5.56 Å². The summed E-state index contributed by atoms with van der Waals surface area (Å²) < 4.78 is 27.8. The van der Waals surface area contributed by atoms with E-state index >= 15 is 0 Å². The van der Waals surface area contributed by atoms with Crippen molar-refractivity contribution in [1.82, 2.24) is 9.62 Å². The molecule has 0 spiro atoms. The summed E-state index contributed by atoms with van der Waals surface area (Å²) in [6.07, 6.45) is 0. The van der Waals surface area contributed by atoms with E-state index in [1.165, 1.54) is 23.5 Å². The lowest BCUT2D eigenvalue weighted by molar-refractivity contribution is -0.387. The highest BCUT2D eigenvalue weighted by molar-refractivity contribution is 7.89. The van der Waals surface area contributed by atoms with Crippen LogP contribution in [0.2, 0.25) is 0 Å². The molecule has 1 unspecified atom stereocenters. The van der Waals surface area contributed by atoms with Gasteiger partial charge in [-0.1, -0.05) is 18.2 Å². The molecular weight excluding hydrogens is 350 g/mol. The predicted octanol–water partition coefficient (Wildman–Crippen LogP) is 2.55. The first-order chi connectivity index (χ1) is 11.2. The third-order valence-electron chi connectivity index (χ3n) is 3.62. The predicted molar refractivity (Wildman–Crippen MR) is 93.8 cm³/mol. The minimum Gasteiger partial charge on any atom is -0.300 e. The number of hydrogen-bond donors (Lipinski definition) is 1. The Morgan fingerprint density at radius 2 is 2.00 bits per heavy atom. The van der Waals surface area contributed by atoms with Crippen molar-refractivity contribution in [3.63, 3.8) is 0 Å². The second kappa shape index (κ2) is 7.39. The molecule has 1 atom stereocenters. The number of nitrogens with zero attached hydrogens (tertiary/aromatic N) is 2. The molecule has 1 heterocycles. The molecule has 0 amide bonds. The van der Waals surface area contributed by atoms with Crippen LogP contribution in [-0.4, -0.2) is 38.9 Å². The monoisotopic (exact) mass is 369 g/mol. The van der Waals surface area contributed by atoms with Crippen LogP contribution in [0.4, 0.5) is 5.69 Å². The van der Waals surface area contributed by atoms with Crippen molar-refractivity contribution in [2.24, 2.45) is 0 Å². The minimum absolute atomic E-state index is 0.126. The van der Waals surface area contributed by atoms with Crippen LogP contribution in [0.5, 0.6) is 0 Å². The van der Waals surface area contributed by atoms with Gasteiger partial charge >= 0.3 is 0 Å². The van der Waals surface area contributed by atoms with Gasteiger partial charge in [-0.25, -0.2) is 13.1 Å². The molecule has 7 nitrogen and oxygen atoms in total. The van der Waals surface area contributed by atoms with Crippen LogP contribution in [0.3, 0.4) is 0 Å². The van der Waals surface area contributed by atoms with Crippen LogP contribution < -0.4 is 4.72 Å². The Kier molecular flexibility index (Phi) is 5.70. The number of benzene rings is 1. The summed E-state index contributed by atoms with van der Waals surface area (Å²) in [6.45, 7) is 1.67. The van der Waals surface area contributed by atoms with Crippen LogP contribution in [0.15, 0.2) is 40.6 Å². The maximum Gasteiger partial charge on any atom is 0.289 e. The van der Waals surface area contributed by atoms with Crippen molar-refractivity contribution in [3.8, 4) is 0 Å². The third-order valence-corrected chi connectivity index (χ3v) is 6.21. The number of rotatable bonds is 7. The molecule has 9 heteroatoms. The second-order valence-corrected chi connectivity index (χ2v) is 8.21. The number of thiophene rings is 1. The number of aryl methyl sites for hydroxylation is 1. The topological polar surface area (TPSA) is 92.5 Å². The van der Waals surface area contributed by atoms with Crippen LogP contribution in [-0.2, 0) is 10.0 Å². The Balaban J connectivity index is 2.31. The van der Waals surface area contributed by atoms with E-state index in [2.05, 4.69) is 4.72 Å². The zero-order valence-electron chi connectivity index (χ0n) is 13.6. The SMILES string of the molecule is Cc1cccc([N+](=O)[O-])c1S(=O)(=O)NCC(c1cccs1)N(C)C. The molecule has 2 rings (SSSR count). The average molecular weight is 369 g/mol. The van der Waals surface area contributed by atoms with Crippen molar-refractivity contribution in [1.29, 1.82) is 0 Å². The number of sulfonamides is 1. The van der Waals surface area contributed by atoms with E-state index < -0.39 is 20.6 Å². The number of nitro benzene ring substituents is 1. The number of nitro groups is 1. The van der Waals surface area contributed by atoms with Gasteiger partial charge in [-0.2, -0.15) is 0 Å². The number of hydrogen-bond acceptors (Lipinski definition) is 6. The lowest BCUT2D eigenvalue weighted by Gasteiger charge is -2.23. The van der Waals surface area contributed by atoms with Gasteiger partial charge in [-0.15, -0.1) is 11.3 Å². The van der Waals surface area contributed by atoms with Crippen LogP contribution in [0, 0.1) is 17.0 Å². The Morgan fingerprint density at radius 1 is 1.29 bits per heavy atom. The highest BCUT2D eigenvalue weighted by Crippen LogP contribution is 2.28. The molecule has 0 saturated heterocycles. The molecule has 0 saturated carbocycles. The average Bonchev–Trinajstić information content (AvgIpc) is 3.00. The van der Waals surface area contributed by atoms with Gasteiger partial charge < -0.3 is 4.90 Å². The van der Waals surface area contributed by atoms with Gasteiger partial charge in [-0.05, 0) is 38.0 Å². The first-order valence-electron chi connectivity index (χ1n) is 7.17. The van der Waals surface area contributed by atoms with Crippen LogP contribution in [0.1, 0.15) is 16.5 Å². The number of likely N-dealkylation sites (N-methyl/N-ethyl adjacent to an activating group) is 1. The largest absolute Gasteiger partial charge is 0.300 e. The summed E-state index contributed by atoms with van der Waals surface area (Å²) in [6, 6.07) is 7.90. The summed E-state index contributed by atoms with van der Waals surface area (Å²) >= 11 is 1.53. The molecule has 0 aliphatic rings. The van der Waals surface area contributed by atoms with Gasteiger partial charge in [0, 0.05) is 17.5 Å². The first-order valence-corrected chi connectivity index (χ1v) is 9.54. The maximum atomic E-state index is 12.6. The third kappa shape index (κ3) is 3.99. The van der Waals surface area contributed by atoms with Crippen molar-refractivity contribution in [3.05, 3.63) is 56.3 Å². The maximum absolute atomic E-state index is 12.6. The van der Waals surface area contributed by atoms with E-state index in [0.717, 1.165) is 4.88 Å². The molecular formula is C15H19N3O4S2. The van der Waals surface area contributed by atoms with E-state index in [9.17, 15) is 18.5 Å². The first kappa shape index (κ1) is 18.5. The standard InChI is InChI=1S/C15H19N3O4S2/c1-11-6-4-7-12(18(19)20)15(11)24(21,22)16-10-13(17(2)3)14-8-5-9-23-14/h4-9,13,16H,10H2,1-3H3. The lowest BCUT2D eigenvalue weighted by Crippen LogP contribution is -2.34. The Bertz CT molecular complexity index is 817. The normalized spacial score (nSPS) is 13.2. The highest BCUT2D eigenvalue weighted by atomic mass is 32.2. The Morgan fingerprint density at radius 3 is 2.54 bits per heavy atom. The molecule has 1 aromatic heterocycles. The van der Waals surface area contributed by atoms with Crippen LogP contribution >= 0.6 is 11.3 Å². The van der Waals surface area contributed by atoms with Gasteiger partial charge in [0.05, 0.1) is 11.0 Å². The summed E-state index contributed by atoms with van der Waals surface area (Å²) in [5.74, 6) is 0. The van der Waals surface area contributed by atoms with Crippen molar-refractivity contribution < 1.29 is 13.3 Å². The molecule has 0 aliphatic heterocycles. The van der Waals surface area contributed by atoms with Crippen molar-refractivity contribution in [2.75, 3.05) is 20.6 Å². The fraction of sp³-hybridized carbons (Fsp3) is 0.333. The van der Waals surface area contributed by atoms with E-state index in [4.69, 9.17) is 0 Å². The molecule has 130 valence electrons. The fourth-order valence-corrected chi connectivity index (χ4v) is 4.76. The van der Waals surface area contributed by atoms with E-state index in [1.54, 1.807) is 13.0 Å². The Hall–Kier alpha value is -1.81. The van der Waals surface area contributed by atoms with E-state index in [1.807, 2.05) is 36.5 Å². The molecule has 0 aliphatic carbocycles. The smallest absolute Gasteiger partial charge is 0.289 e. The van der Waals surface area contributed by atoms with E-state index in [-0.39, 0.29) is 17.5 Å². The quantitative estimate of drug-likeness (QED) is 0.598. The highest BCUT2D eigenvalue weighted by Gasteiger charge is 2.29. The van der Waals surface area contributed by atoms with Crippen molar-refractivity contribution >= 4 is 27.0 Å². The van der Waals surface area contributed by atoms with Gasteiger partial charge in [-0.3, -0.25) is 10.1 Å². The second-order valence-electron chi connectivity index (χ2n) is 5.53. The summed E-state index contributed by atoms with van der Waals surface area (Å²) in [5.41, 5.74) is -0.0748. The van der Waals surface area contributed by atoms with Crippen LogP contribution in [0.25, 0.3) is 0 Å². The molecule has 1 aromatic carbocycles. The lowest BCUT2D eigenvalue weighted by atomic mass is 10.2. The van der Waals surface area contributed by atoms with Gasteiger partial charge in [0.2, 0.25) is 10.0 Å². The number of nitrogens with one attached hydrogen (secondary N) is 1. The van der Waals surface area contributed by atoms with Gasteiger partial charge in [0.15, 0.2) is 4.90 Å². The molecule has 0 radical (unpaired) electrons. The van der Waals surface area contributed by atoms with Gasteiger partial charge in [0.1, 0.15) is 0 Å². The zero-order chi connectivity index (χ0) is 17.9. The zero-order valence-corrected chi connectivity index (χ0v) is 15.2. The summed E-state index contributed by atoms with van der Waals surface area (Å²) in [4.78, 5) is 13.1. The molecule has 24 heavy (non-hydrogen) atoms. The minimum atomic E-state index is -4.00. The fourth-order valence-electron chi connectivity index (χ4n) is 2.41. The van der Waals surface area contributed by atoms with Gasteiger partial charge in [0.25, 0.3) is 5.69 Å². The summed E-state index contributed by atoms with van der Waals surface area (Å²) in [5, 5.41) is 13.1. The summed E-state index contributed by atoms with van der Waals surface area (Å²) in [7, 11) is -0.288. The molecule has 1 N–H and O–H groups in total. The Labute approximate surface area is 145 Å². The molecule has 0 fully saturated rings.